The van der Waals surface area contributed by atoms with Gasteiger partial charge in [-0.2, -0.15) is 8.42 Å². The van der Waals surface area contributed by atoms with E-state index >= 15 is 0 Å². The number of benzene rings is 1. The van der Waals surface area contributed by atoms with Crippen LogP contribution >= 0.6 is 0 Å². The minimum atomic E-state index is -3.68. The van der Waals surface area contributed by atoms with Gasteiger partial charge in [0.1, 0.15) is 0 Å². The summed E-state index contributed by atoms with van der Waals surface area (Å²) in [6.45, 7) is 11.6. The molecule has 1 atom stereocenters. The van der Waals surface area contributed by atoms with Crippen molar-refractivity contribution in [3.05, 3.63) is 23.8 Å². The molecule has 2 amide bonds. The summed E-state index contributed by atoms with van der Waals surface area (Å²) in [7, 11) is -2.24. The molecule has 27 heavy (non-hydrogen) atoms. The predicted octanol–water partition coefficient (Wildman–Crippen LogP) is 3.53. The first-order valence-corrected chi connectivity index (χ1v) is 10.7. The number of carbonyl (C=O) groups excluding carboxylic acids is 1. The summed E-state index contributed by atoms with van der Waals surface area (Å²) in [6, 6.07) is 4.89. The van der Waals surface area contributed by atoms with E-state index in [0.29, 0.717) is 12.3 Å². The van der Waals surface area contributed by atoms with E-state index in [9.17, 15) is 13.2 Å². The lowest BCUT2D eigenvalue weighted by molar-refractivity contribution is 0.165. The van der Waals surface area contributed by atoms with E-state index in [2.05, 4.69) is 5.32 Å². The average molecular weight is 401 g/mol. The number of ether oxygens (including phenoxy) is 1. The SMILES string of the molecule is CC[C@H](C)N(Cc1ccc(OC)c(OS(=O)(=O)CC)c1)C(=O)NC(C)(C)C. The first kappa shape index (κ1) is 23.1. The highest BCUT2D eigenvalue weighted by atomic mass is 32.2. The Hall–Kier alpha value is -1.96. The van der Waals surface area contributed by atoms with Crippen LogP contribution in [-0.4, -0.2) is 43.8 Å². The molecule has 1 aromatic carbocycles. The highest BCUT2D eigenvalue weighted by Gasteiger charge is 2.24. The van der Waals surface area contributed by atoms with Crippen molar-refractivity contribution in [3.63, 3.8) is 0 Å². The third-order valence-corrected chi connectivity index (χ3v) is 5.16. The summed E-state index contributed by atoms with van der Waals surface area (Å²) >= 11 is 0. The average Bonchev–Trinajstić information content (AvgIpc) is 2.57. The normalized spacial score (nSPS) is 13.0. The van der Waals surface area contributed by atoms with Gasteiger partial charge in [0.25, 0.3) is 0 Å². The Labute approximate surface area is 163 Å². The van der Waals surface area contributed by atoms with Gasteiger partial charge in [0.05, 0.1) is 12.9 Å². The second kappa shape index (κ2) is 9.30. The van der Waals surface area contributed by atoms with Crippen LogP contribution in [0.4, 0.5) is 4.79 Å². The summed E-state index contributed by atoms with van der Waals surface area (Å²) in [6.07, 6.45) is 0.793. The molecule has 0 saturated heterocycles. The summed E-state index contributed by atoms with van der Waals surface area (Å²) < 4.78 is 34.0. The maximum Gasteiger partial charge on any atom is 0.318 e. The molecule has 0 spiro atoms. The molecule has 1 N–H and O–H groups in total. The zero-order chi connectivity index (χ0) is 20.8. The molecule has 8 heteroatoms. The van der Waals surface area contributed by atoms with Gasteiger partial charge >= 0.3 is 16.1 Å². The summed E-state index contributed by atoms with van der Waals surface area (Å²) in [5.74, 6) is 0.301. The number of hydrogen-bond acceptors (Lipinski definition) is 5. The van der Waals surface area contributed by atoms with Gasteiger partial charge in [0.15, 0.2) is 11.5 Å². The van der Waals surface area contributed by atoms with Gasteiger partial charge < -0.3 is 19.1 Å². The first-order valence-electron chi connectivity index (χ1n) is 9.10. The molecule has 1 aromatic rings. The third kappa shape index (κ3) is 7.28. The van der Waals surface area contributed by atoms with Crippen molar-refractivity contribution in [1.82, 2.24) is 10.2 Å². The fourth-order valence-corrected chi connectivity index (χ4v) is 2.84. The van der Waals surface area contributed by atoms with Gasteiger partial charge in [-0.05, 0) is 58.7 Å². The first-order chi connectivity index (χ1) is 12.4. The molecule has 0 aromatic heterocycles. The van der Waals surface area contributed by atoms with Crippen LogP contribution in [0.1, 0.15) is 53.5 Å². The summed E-state index contributed by atoms with van der Waals surface area (Å²) in [5, 5.41) is 2.97. The Morgan fingerprint density at radius 3 is 2.33 bits per heavy atom. The zero-order valence-electron chi connectivity index (χ0n) is 17.3. The van der Waals surface area contributed by atoms with Gasteiger partial charge in [-0.1, -0.05) is 13.0 Å². The van der Waals surface area contributed by atoms with E-state index in [-0.39, 0.29) is 29.1 Å². The van der Waals surface area contributed by atoms with Crippen molar-refractivity contribution in [2.45, 2.75) is 66.1 Å². The van der Waals surface area contributed by atoms with Crippen molar-refractivity contribution in [2.75, 3.05) is 12.9 Å². The van der Waals surface area contributed by atoms with Crippen LogP contribution in [-0.2, 0) is 16.7 Å². The minimum absolute atomic E-state index is 0.0122. The molecule has 0 unspecified atom stereocenters. The molecule has 0 aliphatic rings. The van der Waals surface area contributed by atoms with E-state index in [0.717, 1.165) is 12.0 Å². The number of carbonyl (C=O) groups is 1. The van der Waals surface area contributed by atoms with Gasteiger partial charge in [-0.25, -0.2) is 4.79 Å². The van der Waals surface area contributed by atoms with E-state index in [1.807, 2.05) is 34.6 Å². The number of nitrogens with zero attached hydrogens (tertiary/aromatic N) is 1. The standard InChI is InChI=1S/C19H32N2O5S/c1-8-14(3)21(18(22)20-19(4,5)6)13-15-10-11-16(25-7)17(12-15)26-27(23,24)9-2/h10-12,14H,8-9,13H2,1-7H3,(H,20,22)/t14-/m0/s1. The Balaban J connectivity index is 3.16. The largest absolute Gasteiger partial charge is 0.493 e. The molecular formula is C19H32N2O5S. The van der Waals surface area contributed by atoms with E-state index in [1.54, 1.807) is 23.1 Å². The van der Waals surface area contributed by atoms with Crippen LogP contribution < -0.4 is 14.2 Å². The van der Waals surface area contributed by atoms with Crippen LogP contribution in [0.3, 0.4) is 0 Å². The number of nitrogens with one attached hydrogen (secondary N) is 1. The van der Waals surface area contributed by atoms with E-state index < -0.39 is 10.1 Å². The lowest BCUT2D eigenvalue weighted by atomic mass is 10.1. The molecule has 0 radical (unpaired) electrons. The molecular weight excluding hydrogens is 368 g/mol. The van der Waals surface area contributed by atoms with Gasteiger partial charge in [-0.15, -0.1) is 0 Å². The molecule has 0 aliphatic carbocycles. The van der Waals surface area contributed by atoms with Crippen molar-refractivity contribution < 1.29 is 22.1 Å². The molecule has 7 nitrogen and oxygen atoms in total. The zero-order valence-corrected chi connectivity index (χ0v) is 18.1. The second-order valence-corrected chi connectivity index (χ2v) is 9.34. The summed E-state index contributed by atoms with van der Waals surface area (Å²) in [4.78, 5) is 14.4. The van der Waals surface area contributed by atoms with Crippen molar-refractivity contribution >= 4 is 16.1 Å². The van der Waals surface area contributed by atoms with Crippen LogP contribution in [0.5, 0.6) is 11.5 Å². The van der Waals surface area contributed by atoms with Gasteiger partial charge in [0, 0.05) is 18.1 Å². The van der Waals surface area contributed by atoms with Gasteiger partial charge in [-0.3, -0.25) is 0 Å². The monoisotopic (exact) mass is 400 g/mol. The van der Waals surface area contributed by atoms with Gasteiger partial charge in [0.2, 0.25) is 0 Å². The quantitative estimate of drug-likeness (QED) is 0.675. The lowest BCUT2D eigenvalue weighted by Crippen LogP contribution is -2.50. The van der Waals surface area contributed by atoms with E-state index in [1.165, 1.54) is 14.0 Å². The molecule has 0 aliphatic heterocycles. The van der Waals surface area contributed by atoms with Crippen LogP contribution in [0.15, 0.2) is 18.2 Å². The Morgan fingerprint density at radius 2 is 1.85 bits per heavy atom. The molecule has 0 bridgehead atoms. The van der Waals surface area contributed by atoms with Crippen LogP contribution in [0.2, 0.25) is 0 Å². The number of amides is 2. The Kier molecular flexibility index (Phi) is 7.95. The number of urea groups is 1. The molecule has 0 saturated carbocycles. The number of methoxy groups -OCH3 is 1. The van der Waals surface area contributed by atoms with Crippen molar-refractivity contribution in [2.24, 2.45) is 0 Å². The molecule has 1 rings (SSSR count). The maximum absolute atomic E-state index is 12.7. The van der Waals surface area contributed by atoms with E-state index in [4.69, 9.17) is 8.92 Å². The van der Waals surface area contributed by atoms with Crippen molar-refractivity contribution in [1.29, 1.82) is 0 Å². The van der Waals surface area contributed by atoms with Crippen LogP contribution in [0.25, 0.3) is 0 Å². The third-order valence-electron chi connectivity index (χ3n) is 4.02. The second-order valence-electron chi connectivity index (χ2n) is 7.48. The number of hydrogen-bond donors (Lipinski definition) is 1. The Bertz CT molecular complexity index is 741. The highest BCUT2D eigenvalue weighted by Crippen LogP contribution is 2.30. The maximum atomic E-state index is 12.7. The van der Waals surface area contributed by atoms with Crippen LogP contribution in [0, 0.1) is 0 Å². The molecule has 154 valence electrons. The molecule has 0 fully saturated rings. The number of rotatable bonds is 8. The fraction of sp³-hybridized carbons (Fsp3) is 0.632. The predicted molar refractivity (Wildman–Crippen MR) is 107 cm³/mol. The fourth-order valence-electron chi connectivity index (χ4n) is 2.32. The lowest BCUT2D eigenvalue weighted by Gasteiger charge is -2.32. The molecule has 0 heterocycles. The van der Waals surface area contributed by atoms with Crippen molar-refractivity contribution in [3.8, 4) is 11.5 Å². The topological polar surface area (TPSA) is 84.9 Å². The minimum Gasteiger partial charge on any atom is -0.493 e. The highest BCUT2D eigenvalue weighted by molar-refractivity contribution is 7.87. The smallest absolute Gasteiger partial charge is 0.318 e. The summed E-state index contributed by atoms with van der Waals surface area (Å²) in [5.41, 5.74) is 0.396. The Morgan fingerprint density at radius 1 is 1.22 bits per heavy atom.